The molecule has 128 valence electrons. The second-order valence-corrected chi connectivity index (χ2v) is 6.07. The van der Waals surface area contributed by atoms with E-state index < -0.39 is 0 Å². The minimum atomic E-state index is 0.514. The van der Waals surface area contributed by atoms with Crippen molar-refractivity contribution in [1.29, 1.82) is 0 Å². The number of anilines is 1. The van der Waals surface area contributed by atoms with Crippen molar-refractivity contribution < 1.29 is 4.42 Å². The van der Waals surface area contributed by atoms with Gasteiger partial charge < -0.3 is 14.2 Å². The highest BCUT2D eigenvalue weighted by Crippen LogP contribution is 2.30. The Hall–Kier alpha value is -2.73. The molecule has 0 saturated carbocycles. The Morgan fingerprint density at radius 3 is 2.44 bits per heavy atom. The van der Waals surface area contributed by atoms with Gasteiger partial charge in [0.2, 0.25) is 5.89 Å². The number of likely N-dealkylation sites (N-methyl/N-ethyl adjacent to an activating group) is 1. The van der Waals surface area contributed by atoms with E-state index in [9.17, 15) is 0 Å². The zero-order valence-electron chi connectivity index (χ0n) is 14.3. The lowest BCUT2D eigenvalue weighted by molar-refractivity contribution is 0.270. The van der Waals surface area contributed by atoms with E-state index in [1.807, 2.05) is 48.7 Å². The van der Waals surface area contributed by atoms with E-state index in [1.54, 1.807) is 0 Å². The zero-order valence-corrected chi connectivity index (χ0v) is 14.3. The third-order valence-corrected chi connectivity index (χ3v) is 4.58. The van der Waals surface area contributed by atoms with Crippen LogP contribution in [0.1, 0.15) is 6.92 Å². The average Bonchev–Trinajstić information content (AvgIpc) is 3.19. The summed E-state index contributed by atoms with van der Waals surface area (Å²) in [5, 5.41) is 8.46. The van der Waals surface area contributed by atoms with E-state index in [0.717, 1.165) is 49.7 Å². The van der Waals surface area contributed by atoms with Crippen molar-refractivity contribution in [2.75, 3.05) is 37.6 Å². The van der Waals surface area contributed by atoms with Gasteiger partial charge >= 0.3 is 0 Å². The maximum absolute atomic E-state index is 5.93. The molecule has 1 saturated heterocycles. The Bertz CT molecular complexity index is 825. The first-order chi connectivity index (χ1) is 12.3. The molecule has 3 heterocycles. The molecule has 2 aromatic heterocycles. The molecule has 6 heteroatoms. The molecular weight excluding hydrogens is 314 g/mol. The molecule has 25 heavy (non-hydrogen) atoms. The fourth-order valence-electron chi connectivity index (χ4n) is 3.12. The van der Waals surface area contributed by atoms with Crippen LogP contribution in [-0.2, 0) is 0 Å². The van der Waals surface area contributed by atoms with Crippen LogP contribution in [0.3, 0.4) is 0 Å². The molecule has 0 spiro atoms. The number of benzene rings is 1. The quantitative estimate of drug-likeness (QED) is 0.731. The van der Waals surface area contributed by atoms with Crippen molar-refractivity contribution in [2.45, 2.75) is 6.92 Å². The maximum atomic E-state index is 5.93. The van der Waals surface area contributed by atoms with E-state index in [4.69, 9.17) is 4.42 Å². The Kier molecular flexibility index (Phi) is 4.43. The van der Waals surface area contributed by atoms with Crippen LogP contribution < -0.4 is 4.90 Å². The third kappa shape index (κ3) is 3.25. The van der Waals surface area contributed by atoms with E-state index >= 15 is 0 Å². The molecule has 1 aliphatic rings. The van der Waals surface area contributed by atoms with Crippen molar-refractivity contribution in [3.05, 3.63) is 48.7 Å². The van der Waals surface area contributed by atoms with Crippen molar-refractivity contribution >= 4 is 5.82 Å². The molecule has 0 N–H and O–H groups in total. The highest BCUT2D eigenvalue weighted by atomic mass is 16.4. The van der Waals surface area contributed by atoms with Gasteiger partial charge in [-0.05, 0) is 30.8 Å². The summed E-state index contributed by atoms with van der Waals surface area (Å²) in [6.07, 6.45) is 1.82. The number of aromatic nitrogens is 3. The van der Waals surface area contributed by atoms with Gasteiger partial charge in [0.25, 0.3) is 5.89 Å². The smallest absolute Gasteiger partial charge is 0.251 e. The van der Waals surface area contributed by atoms with Crippen LogP contribution in [-0.4, -0.2) is 52.8 Å². The largest absolute Gasteiger partial charge is 0.416 e. The molecule has 1 fully saturated rings. The van der Waals surface area contributed by atoms with Gasteiger partial charge in [-0.25, -0.2) is 4.98 Å². The summed E-state index contributed by atoms with van der Waals surface area (Å²) in [6, 6.07) is 13.7. The monoisotopic (exact) mass is 335 g/mol. The van der Waals surface area contributed by atoms with Gasteiger partial charge in [-0.3, -0.25) is 0 Å². The number of piperazine rings is 1. The number of nitrogens with zero attached hydrogens (tertiary/aromatic N) is 5. The molecule has 0 unspecified atom stereocenters. The van der Waals surface area contributed by atoms with Gasteiger partial charge in [-0.2, -0.15) is 0 Å². The summed E-state index contributed by atoms with van der Waals surface area (Å²) in [5.41, 5.74) is 1.81. The van der Waals surface area contributed by atoms with Crippen LogP contribution in [0.5, 0.6) is 0 Å². The summed E-state index contributed by atoms with van der Waals surface area (Å²) >= 11 is 0. The second-order valence-electron chi connectivity index (χ2n) is 6.07. The van der Waals surface area contributed by atoms with Gasteiger partial charge in [0.15, 0.2) is 0 Å². The van der Waals surface area contributed by atoms with Crippen LogP contribution in [0.4, 0.5) is 5.82 Å². The van der Waals surface area contributed by atoms with Gasteiger partial charge in [-0.1, -0.05) is 25.1 Å². The SMILES string of the molecule is CCN1CCN(c2ncccc2-c2nnc(-c3ccccc3)o2)CC1. The first kappa shape index (κ1) is 15.8. The summed E-state index contributed by atoms with van der Waals surface area (Å²) in [7, 11) is 0. The molecule has 3 aromatic rings. The van der Waals surface area contributed by atoms with Crippen LogP contribution >= 0.6 is 0 Å². The van der Waals surface area contributed by atoms with E-state index in [1.165, 1.54) is 0 Å². The van der Waals surface area contributed by atoms with E-state index in [2.05, 4.69) is 31.9 Å². The minimum Gasteiger partial charge on any atom is -0.416 e. The van der Waals surface area contributed by atoms with Crippen LogP contribution in [0.25, 0.3) is 22.9 Å². The summed E-state index contributed by atoms with van der Waals surface area (Å²) < 4.78 is 5.93. The van der Waals surface area contributed by atoms with Gasteiger partial charge in [0.1, 0.15) is 5.82 Å². The van der Waals surface area contributed by atoms with Crippen molar-refractivity contribution in [2.24, 2.45) is 0 Å². The number of rotatable bonds is 4. The van der Waals surface area contributed by atoms with Crippen LogP contribution in [0.15, 0.2) is 53.1 Å². The predicted octanol–water partition coefficient (Wildman–Crippen LogP) is 2.94. The highest BCUT2D eigenvalue weighted by Gasteiger charge is 2.22. The fourth-order valence-corrected chi connectivity index (χ4v) is 3.12. The van der Waals surface area contributed by atoms with Crippen molar-refractivity contribution in [1.82, 2.24) is 20.1 Å². The zero-order chi connectivity index (χ0) is 17.1. The topological polar surface area (TPSA) is 58.3 Å². The summed E-state index contributed by atoms with van der Waals surface area (Å²) in [6.45, 7) is 7.30. The van der Waals surface area contributed by atoms with E-state index in [-0.39, 0.29) is 0 Å². The molecular formula is C19H21N5O. The lowest BCUT2D eigenvalue weighted by Crippen LogP contribution is -2.46. The van der Waals surface area contributed by atoms with Crippen LogP contribution in [0.2, 0.25) is 0 Å². The fraction of sp³-hybridized carbons (Fsp3) is 0.316. The molecule has 6 nitrogen and oxygen atoms in total. The van der Waals surface area contributed by atoms with Crippen LogP contribution in [0, 0.1) is 0 Å². The Balaban J connectivity index is 1.63. The van der Waals surface area contributed by atoms with E-state index in [0.29, 0.717) is 11.8 Å². The molecule has 0 radical (unpaired) electrons. The third-order valence-electron chi connectivity index (χ3n) is 4.58. The Labute approximate surface area is 147 Å². The Morgan fingerprint density at radius 2 is 1.68 bits per heavy atom. The first-order valence-corrected chi connectivity index (χ1v) is 8.67. The van der Waals surface area contributed by atoms with Gasteiger partial charge in [0.05, 0.1) is 5.56 Å². The van der Waals surface area contributed by atoms with Gasteiger partial charge in [0, 0.05) is 37.9 Å². The normalized spacial score (nSPS) is 15.5. The molecule has 0 amide bonds. The molecule has 0 aliphatic carbocycles. The standard InChI is InChI=1S/C19H21N5O/c1-2-23-11-13-24(14-12-23)17-16(9-6-10-20-17)19-22-21-18(25-19)15-7-4-3-5-8-15/h3-10H,2,11-14H2,1H3. The predicted molar refractivity (Wildman–Crippen MR) is 97.3 cm³/mol. The average molecular weight is 335 g/mol. The summed E-state index contributed by atoms with van der Waals surface area (Å²) in [4.78, 5) is 9.33. The molecule has 0 bridgehead atoms. The molecule has 1 aliphatic heterocycles. The maximum Gasteiger partial charge on any atom is 0.251 e. The Morgan fingerprint density at radius 1 is 0.920 bits per heavy atom. The van der Waals surface area contributed by atoms with Gasteiger partial charge in [-0.15, -0.1) is 10.2 Å². The molecule has 4 rings (SSSR count). The number of hydrogen-bond donors (Lipinski definition) is 0. The molecule has 1 aromatic carbocycles. The second kappa shape index (κ2) is 7.03. The highest BCUT2D eigenvalue weighted by molar-refractivity contribution is 5.70. The minimum absolute atomic E-state index is 0.514. The van der Waals surface area contributed by atoms with Crippen molar-refractivity contribution in [3.8, 4) is 22.9 Å². The summed E-state index contributed by atoms with van der Waals surface area (Å²) in [5.74, 6) is 1.96. The first-order valence-electron chi connectivity index (χ1n) is 8.67. The van der Waals surface area contributed by atoms with Crippen molar-refractivity contribution in [3.63, 3.8) is 0 Å². The molecule has 0 atom stereocenters. The lowest BCUT2D eigenvalue weighted by Gasteiger charge is -2.35. The number of pyridine rings is 1. The lowest BCUT2D eigenvalue weighted by atomic mass is 10.2. The number of hydrogen-bond acceptors (Lipinski definition) is 6.